The summed E-state index contributed by atoms with van der Waals surface area (Å²) in [6.45, 7) is -2.58. The maximum atomic E-state index is 12.9. The van der Waals surface area contributed by atoms with E-state index in [1.165, 1.54) is 30.3 Å². The van der Waals surface area contributed by atoms with Crippen LogP contribution in [0.3, 0.4) is 0 Å². The number of phenols is 7. The molecule has 6 aromatic rings. The number of hydrogen-bond donors (Lipinski definition) is 16. The van der Waals surface area contributed by atoms with E-state index in [4.69, 9.17) is 46.7 Å². The molecule has 428 valence electrons. The third-order valence-corrected chi connectivity index (χ3v) is 13.1. The minimum Gasteiger partial charge on any atom is -0.508 e. The van der Waals surface area contributed by atoms with E-state index in [9.17, 15) is 96.1 Å². The lowest BCUT2D eigenvalue weighted by atomic mass is 9.98. The first-order valence-electron chi connectivity index (χ1n) is 24.0. The monoisotopic (exact) mass is 1130 g/mol. The number of carbonyl (C=O) groups is 2. The van der Waals surface area contributed by atoms with Gasteiger partial charge < -0.3 is 124 Å². The summed E-state index contributed by atoms with van der Waals surface area (Å²) >= 11 is 0. The number of esters is 2. The smallest absolute Gasteiger partial charge is 0.402 e. The highest BCUT2D eigenvalue weighted by atomic mass is 16.7. The number of carbonyl (C=O) groups excluding carboxylic acids is 2. The summed E-state index contributed by atoms with van der Waals surface area (Å²) in [4.78, 5) is 38.5. The summed E-state index contributed by atoms with van der Waals surface area (Å²) in [6.07, 6.45) is -29.6. The van der Waals surface area contributed by atoms with Crippen LogP contribution in [0.25, 0.3) is 44.6 Å². The Morgan fingerprint density at radius 2 is 1.05 bits per heavy atom. The first-order chi connectivity index (χ1) is 37.9. The van der Waals surface area contributed by atoms with E-state index >= 15 is 0 Å². The Morgan fingerprint density at radius 1 is 0.512 bits per heavy atom. The van der Waals surface area contributed by atoms with Gasteiger partial charge in [0, 0.05) is 48.0 Å². The zero-order valence-electron chi connectivity index (χ0n) is 40.9. The van der Waals surface area contributed by atoms with Gasteiger partial charge >= 0.3 is 23.3 Å². The van der Waals surface area contributed by atoms with Crippen molar-refractivity contribution in [3.63, 3.8) is 0 Å². The molecular formula is C51H51O29+. The molecule has 0 radical (unpaired) electrons. The molecule has 0 bridgehead atoms. The third kappa shape index (κ3) is 11.7. The van der Waals surface area contributed by atoms with Crippen molar-refractivity contribution in [1.82, 2.24) is 0 Å². The molecule has 29 nitrogen and oxygen atoms in total. The molecule has 3 saturated heterocycles. The molecular weight excluding hydrogens is 1080 g/mol. The Balaban J connectivity index is 0.793. The highest BCUT2D eigenvalue weighted by molar-refractivity contribution is 5.91. The lowest BCUT2D eigenvalue weighted by Crippen LogP contribution is -2.62. The largest absolute Gasteiger partial charge is 0.508 e. The molecule has 15 unspecified atom stereocenters. The zero-order chi connectivity index (χ0) is 57.6. The van der Waals surface area contributed by atoms with E-state index in [0.29, 0.717) is 5.56 Å². The Bertz CT molecular complexity index is 3290. The van der Waals surface area contributed by atoms with E-state index < -0.39 is 176 Å². The second-order valence-electron chi connectivity index (χ2n) is 18.7. The highest BCUT2D eigenvalue weighted by Crippen LogP contribution is 2.45. The number of aliphatic hydroxyl groups excluding tert-OH is 9. The van der Waals surface area contributed by atoms with Gasteiger partial charge in [0.25, 0.3) is 0 Å². The summed E-state index contributed by atoms with van der Waals surface area (Å²) in [5.41, 5.74) is -0.765. The van der Waals surface area contributed by atoms with Crippen LogP contribution in [-0.4, -0.2) is 206 Å². The van der Waals surface area contributed by atoms with Crippen LogP contribution in [0.4, 0.5) is 0 Å². The van der Waals surface area contributed by atoms with Crippen LogP contribution in [0.15, 0.2) is 86.4 Å². The normalized spacial score (nSPS) is 28.8. The lowest BCUT2D eigenvalue weighted by molar-refractivity contribution is -0.323. The number of rotatable bonds is 15. The van der Waals surface area contributed by atoms with Crippen molar-refractivity contribution in [3.05, 3.63) is 83.0 Å². The predicted molar refractivity (Wildman–Crippen MR) is 259 cm³/mol. The molecule has 9 rings (SSSR count). The average Bonchev–Trinajstić information content (AvgIpc) is 3.53. The van der Waals surface area contributed by atoms with Gasteiger partial charge in [-0.15, -0.1) is 0 Å². The SMILES string of the molecule is O=C(CC(=O)OCC1OC(Oc2cc(O)c3c(=O)cc(-c4ccc(O)cc4)oc3c2)C(O)C(O)C1O)OCC1OC(OCC2OC(Oc3cc4c(O)cc(O)cc4[o+]c3-c3cc(O)c(O)c(O)c3)C(O)C(O)C2O)C(O)C(O)C1O. The first kappa shape index (κ1) is 56.8. The van der Waals surface area contributed by atoms with E-state index in [0.717, 1.165) is 42.5 Å². The first-order valence-corrected chi connectivity index (χ1v) is 24.0. The Morgan fingerprint density at radius 3 is 1.64 bits per heavy atom. The van der Waals surface area contributed by atoms with Gasteiger partial charge in [0.05, 0.1) is 18.2 Å². The van der Waals surface area contributed by atoms with Crippen molar-refractivity contribution in [3.8, 4) is 74.4 Å². The summed E-state index contributed by atoms with van der Waals surface area (Å²) in [5, 5.41) is 168. The molecule has 2 aromatic heterocycles. The van der Waals surface area contributed by atoms with Crippen molar-refractivity contribution >= 4 is 33.9 Å². The maximum absolute atomic E-state index is 12.9. The molecule has 3 aliphatic heterocycles. The number of aromatic hydroxyl groups is 7. The van der Waals surface area contributed by atoms with Crippen LogP contribution in [0.2, 0.25) is 0 Å². The fourth-order valence-corrected chi connectivity index (χ4v) is 8.80. The number of hydrogen-bond acceptors (Lipinski definition) is 28. The van der Waals surface area contributed by atoms with E-state index in [1.807, 2.05) is 0 Å². The summed E-state index contributed by atoms with van der Waals surface area (Å²) in [6, 6.07) is 14.0. The molecule has 3 fully saturated rings. The summed E-state index contributed by atoms with van der Waals surface area (Å²) in [5.74, 6) is -7.71. The Labute approximate surface area is 446 Å². The fourth-order valence-electron chi connectivity index (χ4n) is 8.80. The standard InChI is InChI=1S/C51H50O29/c52-19-3-1-17(2-4-19)28-12-25(56)37-24(55)9-21(10-30(37)75-28)74-50-46(69)43(66)40(63)33(79-50)15-72-36(60)13-35(59)71-14-32-39(62)42(65)45(68)49(78-32)73-16-34-41(64)44(67)47(70)51(80-34)77-31-11-22-23(54)7-20(53)8-29(22)76-48(31)18-5-26(57)38(61)27(58)6-18/h1-12,32-34,39-47,49-51,62-70H,13-16H2,(H6-,52,53,54,55,56,57,58,61)/p+1. The number of ether oxygens (including phenoxy) is 8. The lowest BCUT2D eigenvalue weighted by Gasteiger charge is -2.42. The molecule has 0 aliphatic carbocycles. The van der Waals surface area contributed by atoms with E-state index in [-0.39, 0.29) is 50.5 Å². The Kier molecular flexibility index (Phi) is 16.4. The van der Waals surface area contributed by atoms with Crippen LogP contribution in [0.5, 0.6) is 51.7 Å². The van der Waals surface area contributed by atoms with Crippen molar-refractivity contribution in [1.29, 1.82) is 0 Å². The Hall–Kier alpha value is -7.88. The second kappa shape index (κ2) is 23.1. The predicted octanol–water partition coefficient (Wildman–Crippen LogP) is -1.53. The maximum Gasteiger partial charge on any atom is 0.402 e. The fraction of sp³-hybridized carbons (Fsp3) is 0.373. The molecule has 0 saturated carbocycles. The molecule has 29 heteroatoms. The quantitative estimate of drug-likeness (QED) is 0.0240. The van der Waals surface area contributed by atoms with E-state index in [1.54, 1.807) is 0 Å². The molecule has 15 atom stereocenters. The van der Waals surface area contributed by atoms with Gasteiger partial charge in [0.2, 0.25) is 18.3 Å². The molecule has 80 heavy (non-hydrogen) atoms. The van der Waals surface area contributed by atoms with Gasteiger partial charge in [0.1, 0.15) is 144 Å². The van der Waals surface area contributed by atoms with Crippen molar-refractivity contribution in [2.75, 3.05) is 19.8 Å². The molecule has 0 spiro atoms. The van der Waals surface area contributed by atoms with Crippen LogP contribution >= 0.6 is 0 Å². The second-order valence-corrected chi connectivity index (χ2v) is 18.7. The molecule has 5 heterocycles. The van der Waals surface area contributed by atoms with Crippen molar-refractivity contribution in [2.45, 2.75) is 98.5 Å². The van der Waals surface area contributed by atoms with Crippen LogP contribution in [0.1, 0.15) is 6.42 Å². The van der Waals surface area contributed by atoms with Gasteiger partial charge in [-0.2, -0.15) is 0 Å². The van der Waals surface area contributed by atoms with Crippen LogP contribution in [-0.2, 0) is 38.0 Å². The van der Waals surface area contributed by atoms with Gasteiger partial charge in [-0.25, -0.2) is 4.42 Å². The van der Waals surface area contributed by atoms with E-state index in [2.05, 4.69) is 0 Å². The number of aliphatic hydroxyl groups is 9. The molecule has 16 N–H and O–H groups in total. The third-order valence-electron chi connectivity index (χ3n) is 13.1. The van der Waals surface area contributed by atoms with Crippen LogP contribution < -0.4 is 14.9 Å². The summed E-state index contributed by atoms with van der Waals surface area (Å²) < 4.78 is 55.7. The van der Waals surface area contributed by atoms with Crippen molar-refractivity contribution in [2.24, 2.45) is 0 Å². The van der Waals surface area contributed by atoms with Gasteiger partial charge in [0.15, 0.2) is 29.0 Å². The van der Waals surface area contributed by atoms with Crippen molar-refractivity contribution < 1.29 is 138 Å². The zero-order valence-corrected chi connectivity index (χ0v) is 40.9. The molecule has 3 aliphatic rings. The minimum absolute atomic E-state index is 0.0497. The number of benzene rings is 4. The topological polar surface area (TPSA) is 473 Å². The van der Waals surface area contributed by atoms with Crippen LogP contribution in [0, 0.1) is 0 Å². The van der Waals surface area contributed by atoms with Gasteiger partial charge in [-0.05, 0) is 24.3 Å². The van der Waals surface area contributed by atoms with Gasteiger partial charge in [-0.1, -0.05) is 0 Å². The summed E-state index contributed by atoms with van der Waals surface area (Å²) in [7, 11) is 0. The minimum atomic E-state index is -2.05. The average molecular weight is 1130 g/mol. The highest BCUT2D eigenvalue weighted by Gasteiger charge is 2.50. The number of phenolic OH excluding ortho intramolecular Hbond substituents is 7. The molecule has 4 aromatic carbocycles. The van der Waals surface area contributed by atoms with Gasteiger partial charge in [-0.3, -0.25) is 14.4 Å². The molecule has 0 amide bonds. The number of fused-ring (bicyclic) bond motifs is 2.